The highest BCUT2D eigenvalue weighted by molar-refractivity contribution is 7.90. The molecule has 8 heteroatoms. The number of ether oxygens (including phenoxy) is 1. The molecule has 2 heterocycles. The standard InChI is InChI=1S/C11H16ClN3O3S/c1-2-19(16,17)8-9-7-10(12)14-11(13-9)15-3-5-18-6-4-15/h7H,2-6,8H2,1H3. The number of hydrogen-bond donors (Lipinski definition) is 0. The Balaban J connectivity index is 2.23. The second-order valence-corrected chi connectivity index (χ2v) is 7.00. The van der Waals surface area contributed by atoms with Gasteiger partial charge in [0, 0.05) is 18.8 Å². The Morgan fingerprint density at radius 1 is 1.37 bits per heavy atom. The molecule has 106 valence electrons. The Morgan fingerprint density at radius 2 is 2.05 bits per heavy atom. The molecule has 1 saturated heterocycles. The van der Waals surface area contributed by atoms with Crippen LogP contribution in [0, 0.1) is 0 Å². The van der Waals surface area contributed by atoms with Gasteiger partial charge in [-0.2, -0.15) is 0 Å². The number of hydrogen-bond acceptors (Lipinski definition) is 6. The van der Waals surface area contributed by atoms with Gasteiger partial charge in [0.15, 0.2) is 9.84 Å². The smallest absolute Gasteiger partial charge is 0.227 e. The molecule has 0 amide bonds. The van der Waals surface area contributed by atoms with Crippen LogP contribution in [0.5, 0.6) is 0 Å². The van der Waals surface area contributed by atoms with Gasteiger partial charge >= 0.3 is 0 Å². The lowest BCUT2D eigenvalue weighted by atomic mass is 10.4. The zero-order valence-corrected chi connectivity index (χ0v) is 12.2. The van der Waals surface area contributed by atoms with Crippen LogP contribution in [0.15, 0.2) is 6.07 Å². The van der Waals surface area contributed by atoms with Crippen molar-refractivity contribution >= 4 is 27.4 Å². The Hall–Kier alpha value is -0.920. The highest BCUT2D eigenvalue weighted by Crippen LogP contribution is 2.17. The SMILES string of the molecule is CCS(=O)(=O)Cc1cc(Cl)nc(N2CCOCC2)n1. The average Bonchev–Trinajstić information content (AvgIpc) is 2.38. The molecule has 0 N–H and O–H groups in total. The first-order valence-electron chi connectivity index (χ1n) is 6.07. The summed E-state index contributed by atoms with van der Waals surface area (Å²) in [5.74, 6) is 0.446. The van der Waals surface area contributed by atoms with Gasteiger partial charge in [-0.15, -0.1) is 0 Å². The quantitative estimate of drug-likeness (QED) is 0.770. The normalized spacial score (nSPS) is 16.6. The molecule has 0 spiro atoms. The van der Waals surface area contributed by atoms with E-state index in [1.807, 2.05) is 4.90 Å². The van der Waals surface area contributed by atoms with Crippen LogP contribution in [0.4, 0.5) is 5.95 Å². The summed E-state index contributed by atoms with van der Waals surface area (Å²) >= 11 is 5.94. The van der Waals surface area contributed by atoms with E-state index in [0.29, 0.717) is 37.9 Å². The minimum absolute atomic E-state index is 0.0848. The number of aromatic nitrogens is 2. The lowest BCUT2D eigenvalue weighted by molar-refractivity contribution is 0.122. The summed E-state index contributed by atoms with van der Waals surface area (Å²) in [4.78, 5) is 10.4. The largest absolute Gasteiger partial charge is 0.378 e. The van der Waals surface area contributed by atoms with Crippen LogP contribution in [0.25, 0.3) is 0 Å². The minimum Gasteiger partial charge on any atom is -0.378 e. The van der Waals surface area contributed by atoms with Crippen molar-refractivity contribution in [2.45, 2.75) is 12.7 Å². The number of rotatable bonds is 4. The van der Waals surface area contributed by atoms with Crippen LogP contribution >= 0.6 is 11.6 Å². The van der Waals surface area contributed by atoms with Gasteiger partial charge in [0.1, 0.15) is 5.15 Å². The van der Waals surface area contributed by atoms with Gasteiger partial charge in [-0.3, -0.25) is 0 Å². The molecule has 19 heavy (non-hydrogen) atoms. The fourth-order valence-electron chi connectivity index (χ4n) is 1.76. The van der Waals surface area contributed by atoms with E-state index in [1.165, 1.54) is 6.07 Å². The summed E-state index contributed by atoms with van der Waals surface area (Å²) in [5, 5.41) is 0.262. The highest BCUT2D eigenvalue weighted by Gasteiger charge is 2.17. The topological polar surface area (TPSA) is 72.4 Å². The molecule has 2 rings (SSSR count). The van der Waals surface area contributed by atoms with Crippen LogP contribution in [-0.2, 0) is 20.3 Å². The number of halogens is 1. The van der Waals surface area contributed by atoms with Crippen molar-refractivity contribution in [3.8, 4) is 0 Å². The van der Waals surface area contributed by atoms with E-state index in [0.717, 1.165) is 0 Å². The molecule has 0 saturated carbocycles. The van der Waals surface area contributed by atoms with Gasteiger partial charge in [-0.1, -0.05) is 18.5 Å². The molecule has 1 aromatic heterocycles. The lowest BCUT2D eigenvalue weighted by Gasteiger charge is -2.27. The molecular formula is C11H16ClN3O3S. The predicted octanol–water partition coefficient (Wildman–Crippen LogP) is 0.901. The van der Waals surface area contributed by atoms with Crippen molar-refractivity contribution in [2.75, 3.05) is 37.0 Å². The molecule has 1 aliphatic rings. The van der Waals surface area contributed by atoms with Gasteiger partial charge in [0.05, 0.1) is 24.7 Å². The summed E-state index contributed by atoms with van der Waals surface area (Å²) in [7, 11) is -3.13. The number of nitrogens with zero attached hydrogens (tertiary/aromatic N) is 3. The van der Waals surface area contributed by atoms with Crippen LogP contribution in [0.2, 0.25) is 5.15 Å². The van der Waals surface area contributed by atoms with E-state index in [9.17, 15) is 8.42 Å². The van der Waals surface area contributed by atoms with E-state index < -0.39 is 9.84 Å². The van der Waals surface area contributed by atoms with E-state index in [2.05, 4.69) is 9.97 Å². The number of morpholine rings is 1. The Morgan fingerprint density at radius 3 is 2.68 bits per heavy atom. The molecular weight excluding hydrogens is 290 g/mol. The van der Waals surface area contributed by atoms with Crippen molar-refractivity contribution in [1.29, 1.82) is 0 Å². The summed E-state index contributed by atoms with van der Waals surface area (Å²) in [6, 6.07) is 1.50. The van der Waals surface area contributed by atoms with Crippen molar-refractivity contribution in [3.05, 3.63) is 16.9 Å². The first-order valence-corrected chi connectivity index (χ1v) is 8.26. The molecule has 1 fully saturated rings. The second-order valence-electron chi connectivity index (χ2n) is 4.26. The Labute approximate surface area is 117 Å². The summed E-state index contributed by atoms with van der Waals surface area (Å²) in [6.45, 7) is 4.19. The van der Waals surface area contributed by atoms with E-state index in [4.69, 9.17) is 16.3 Å². The Kier molecular flexibility index (Phi) is 4.59. The minimum atomic E-state index is -3.13. The molecule has 0 unspecified atom stereocenters. The van der Waals surface area contributed by atoms with Crippen molar-refractivity contribution < 1.29 is 13.2 Å². The number of anilines is 1. The third-order valence-electron chi connectivity index (χ3n) is 2.84. The van der Waals surface area contributed by atoms with Crippen LogP contribution < -0.4 is 4.90 Å². The summed E-state index contributed by atoms with van der Waals surface area (Å²) < 4.78 is 28.5. The lowest BCUT2D eigenvalue weighted by Crippen LogP contribution is -2.37. The van der Waals surface area contributed by atoms with E-state index >= 15 is 0 Å². The zero-order chi connectivity index (χ0) is 13.9. The van der Waals surface area contributed by atoms with Crippen molar-refractivity contribution in [1.82, 2.24) is 9.97 Å². The fourth-order valence-corrected chi connectivity index (χ4v) is 2.76. The maximum Gasteiger partial charge on any atom is 0.227 e. The van der Waals surface area contributed by atoms with Gasteiger partial charge in [0.2, 0.25) is 5.95 Å². The average molecular weight is 306 g/mol. The van der Waals surface area contributed by atoms with Crippen LogP contribution in [0.1, 0.15) is 12.6 Å². The first-order chi connectivity index (χ1) is 9.00. The monoisotopic (exact) mass is 305 g/mol. The summed E-state index contributed by atoms with van der Waals surface area (Å²) in [6.07, 6.45) is 0. The molecule has 1 aromatic rings. The predicted molar refractivity (Wildman–Crippen MR) is 73.2 cm³/mol. The van der Waals surface area contributed by atoms with Gasteiger partial charge in [0.25, 0.3) is 0 Å². The third kappa shape index (κ3) is 4.02. The molecule has 0 aliphatic carbocycles. The summed E-state index contributed by atoms with van der Waals surface area (Å²) in [5.41, 5.74) is 0.434. The number of sulfone groups is 1. The van der Waals surface area contributed by atoms with Gasteiger partial charge in [-0.05, 0) is 6.07 Å². The third-order valence-corrected chi connectivity index (χ3v) is 4.65. The van der Waals surface area contributed by atoms with Crippen LogP contribution in [0.3, 0.4) is 0 Å². The second kappa shape index (κ2) is 6.02. The molecule has 1 aliphatic heterocycles. The molecule has 0 atom stereocenters. The van der Waals surface area contributed by atoms with Gasteiger partial charge < -0.3 is 9.64 Å². The Bertz CT molecular complexity index is 544. The van der Waals surface area contributed by atoms with Crippen molar-refractivity contribution in [3.63, 3.8) is 0 Å². The maximum atomic E-state index is 11.6. The van der Waals surface area contributed by atoms with E-state index in [1.54, 1.807) is 6.92 Å². The van der Waals surface area contributed by atoms with E-state index in [-0.39, 0.29) is 16.7 Å². The molecule has 0 radical (unpaired) electrons. The van der Waals surface area contributed by atoms with Crippen LogP contribution in [-0.4, -0.2) is 50.4 Å². The molecule has 6 nitrogen and oxygen atoms in total. The zero-order valence-electron chi connectivity index (χ0n) is 10.7. The fraction of sp³-hybridized carbons (Fsp3) is 0.636. The molecule has 0 bridgehead atoms. The molecule has 0 aromatic carbocycles. The highest BCUT2D eigenvalue weighted by atomic mass is 35.5. The van der Waals surface area contributed by atoms with Crippen molar-refractivity contribution in [2.24, 2.45) is 0 Å². The van der Waals surface area contributed by atoms with Gasteiger partial charge in [-0.25, -0.2) is 18.4 Å². The first kappa shape index (κ1) is 14.5. The maximum absolute atomic E-state index is 11.6.